The van der Waals surface area contributed by atoms with E-state index >= 15 is 0 Å². The zero-order chi connectivity index (χ0) is 19.2. The Morgan fingerprint density at radius 2 is 1.85 bits per heavy atom. The molecule has 0 bridgehead atoms. The lowest BCUT2D eigenvalue weighted by atomic mass is 10.0. The highest BCUT2D eigenvalue weighted by molar-refractivity contribution is 7.80. The standard InChI is InChI=1S/C22H29N3OS/c1-16-9-8-11-19(17(16)2)24-22(27)23-15-20(25-13-6-7-14-25)18-10-4-5-12-21(18)26-3/h4-5,8-12,20H,6-7,13-15H2,1-3H3,(H2,23,24,27). The maximum Gasteiger partial charge on any atom is 0.170 e. The van der Waals surface area contributed by atoms with E-state index in [1.165, 1.54) is 29.5 Å². The Bertz CT molecular complexity index is 787. The molecular formula is C22H29N3OS. The number of methoxy groups -OCH3 is 1. The first-order valence-electron chi connectivity index (χ1n) is 9.58. The lowest BCUT2D eigenvalue weighted by Crippen LogP contribution is -2.38. The van der Waals surface area contributed by atoms with Crippen molar-refractivity contribution >= 4 is 23.0 Å². The number of ether oxygens (including phenoxy) is 1. The number of benzene rings is 2. The topological polar surface area (TPSA) is 36.5 Å². The van der Waals surface area contributed by atoms with E-state index in [1.807, 2.05) is 12.1 Å². The van der Waals surface area contributed by atoms with Gasteiger partial charge in [-0.3, -0.25) is 4.90 Å². The van der Waals surface area contributed by atoms with Gasteiger partial charge in [0.15, 0.2) is 5.11 Å². The maximum absolute atomic E-state index is 5.61. The van der Waals surface area contributed by atoms with Crippen LogP contribution in [0.1, 0.15) is 35.6 Å². The summed E-state index contributed by atoms with van der Waals surface area (Å²) in [6.45, 7) is 7.20. The Morgan fingerprint density at radius 1 is 1.11 bits per heavy atom. The van der Waals surface area contributed by atoms with Gasteiger partial charge >= 0.3 is 0 Å². The van der Waals surface area contributed by atoms with E-state index in [9.17, 15) is 0 Å². The summed E-state index contributed by atoms with van der Waals surface area (Å²) in [5.41, 5.74) is 4.75. The Labute approximate surface area is 167 Å². The predicted octanol–water partition coefficient (Wildman–Crippen LogP) is 4.44. The van der Waals surface area contributed by atoms with Crippen LogP contribution in [0.25, 0.3) is 0 Å². The van der Waals surface area contributed by atoms with Crippen LogP contribution in [-0.4, -0.2) is 36.8 Å². The Balaban J connectivity index is 1.71. The van der Waals surface area contributed by atoms with Gasteiger partial charge in [0.05, 0.1) is 13.2 Å². The molecule has 0 saturated carbocycles. The Hall–Kier alpha value is -2.11. The summed E-state index contributed by atoms with van der Waals surface area (Å²) < 4.78 is 5.61. The average Bonchev–Trinajstić information content (AvgIpc) is 3.20. The van der Waals surface area contributed by atoms with Gasteiger partial charge in [-0.25, -0.2) is 0 Å². The van der Waals surface area contributed by atoms with E-state index < -0.39 is 0 Å². The molecule has 2 aromatic rings. The van der Waals surface area contributed by atoms with Crippen LogP contribution in [0.5, 0.6) is 5.75 Å². The summed E-state index contributed by atoms with van der Waals surface area (Å²) in [6, 6.07) is 14.8. The van der Waals surface area contributed by atoms with Crippen LogP contribution in [0.4, 0.5) is 5.69 Å². The van der Waals surface area contributed by atoms with Crippen molar-refractivity contribution < 1.29 is 4.74 Å². The molecule has 1 aliphatic heterocycles. The van der Waals surface area contributed by atoms with Crippen LogP contribution >= 0.6 is 12.2 Å². The molecule has 1 unspecified atom stereocenters. The zero-order valence-corrected chi connectivity index (χ0v) is 17.2. The van der Waals surface area contributed by atoms with E-state index in [1.54, 1.807) is 7.11 Å². The van der Waals surface area contributed by atoms with E-state index in [0.717, 1.165) is 31.1 Å². The fourth-order valence-corrected chi connectivity index (χ4v) is 3.87. The van der Waals surface area contributed by atoms with Crippen LogP contribution in [0.2, 0.25) is 0 Å². The summed E-state index contributed by atoms with van der Waals surface area (Å²) in [5.74, 6) is 0.935. The van der Waals surface area contributed by atoms with Crippen LogP contribution < -0.4 is 15.4 Å². The van der Waals surface area contributed by atoms with Gasteiger partial charge in [0, 0.05) is 17.8 Å². The zero-order valence-electron chi connectivity index (χ0n) is 16.4. The normalized spacial score (nSPS) is 15.4. The van der Waals surface area contributed by atoms with Crippen molar-refractivity contribution in [1.29, 1.82) is 0 Å². The van der Waals surface area contributed by atoms with Gasteiger partial charge in [-0.05, 0) is 75.3 Å². The minimum absolute atomic E-state index is 0.238. The van der Waals surface area contributed by atoms with Gasteiger partial charge in [-0.15, -0.1) is 0 Å². The van der Waals surface area contributed by atoms with Crippen LogP contribution in [0.3, 0.4) is 0 Å². The average molecular weight is 384 g/mol. The molecule has 2 aromatic carbocycles. The number of rotatable bonds is 6. The van der Waals surface area contributed by atoms with Gasteiger partial charge in [0.25, 0.3) is 0 Å². The number of thiocarbonyl (C=S) groups is 1. The molecule has 3 rings (SSSR count). The van der Waals surface area contributed by atoms with Crippen LogP contribution in [0, 0.1) is 13.8 Å². The largest absolute Gasteiger partial charge is 0.496 e. The highest BCUT2D eigenvalue weighted by Gasteiger charge is 2.25. The molecule has 1 fully saturated rings. The molecular weight excluding hydrogens is 354 g/mol. The fraction of sp³-hybridized carbons (Fsp3) is 0.409. The molecule has 144 valence electrons. The molecule has 1 saturated heterocycles. The van der Waals surface area contributed by atoms with Crippen molar-refractivity contribution in [2.75, 3.05) is 32.1 Å². The highest BCUT2D eigenvalue weighted by atomic mass is 32.1. The molecule has 1 aliphatic rings. The maximum atomic E-state index is 5.61. The van der Waals surface area contributed by atoms with E-state index in [0.29, 0.717) is 5.11 Å². The highest BCUT2D eigenvalue weighted by Crippen LogP contribution is 2.31. The second-order valence-electron chi connectivity index (χ2n) is 7.08. The summed E-state index contributed by atoms with van der Waals surface area (Å²) in [7, 11) is 1.74. The number of likely N-dealkylation sites (tertiary alicyclic amines) is 1. The van der Waals surface area contributed by atoms with E-state index in [4.69, 9.17) is 17.0 Å². The molecule has 5 heteroatoms. The predicted molar refractivity (Wildman–Crippen MR) is 117 cm³/mol. The van der Waals surface area contributed by atoms with Gasteiger partial charge in [0.1, 0.15) is 5.75 Å². The molecule has 0 amide bonds. The van der Waals surface area contributed by atoms with Crippen molar-refractivity contribution in [3.8, 4) is 5.75 Å². The quantitative estimate of drug-likeness (QED) is 0.722. The van der Waals surface area contributed by atoms with Crippen molar-refractivity contribution in [3.63, 3.8) is 0 Å². The third-order valence-corrected chi connectivity index (χ3v) is 5.63. The summed E-state index contributed by atoms with van der Waals surface area (Å²) in [4.78, 5) is 2.52. The Kier molecular flexibility index (Phi) is 6.69. The number of hydrogen-bond donors (Lipinski definition) is 2. The van der Waals surface area contributed by atoms with Crippen molar-refractivity contribution in [1.82, 2.24) is 10.2 Å². The summed E-state index contributed by atoms with van der Waals surface area (Å²) >= 11 is 5.57. The first kappa shape index (κ1) is 19.6. The van der Waals surface area contributed by atoms with Crippen molar-refractivity contribution in [3.05, 3.63) is 59.2 Å². The second-order valence-corrected chi connectivity index (χ2v) is 7.49. The van der Waals surface area contributed by atoms with Crippen molar-refractivity contribution in [2.45, 2.75) is 32.7 Å². The summed E-state index contributed by atoms with van der Waals surface area (Å²) in [5, 5.41) is 7.43. The number of nitrogens with one attached hydrogen (secondary N) is 2. The van der Waals surface area contributed by atoms with Crippen LogP contribution in [-0.2, 0) is 0 Å². The monoisotopic (exact) mass is 383 g/mol. The van der Waals surface area contributed by atoms with Gasteiger partial charge in [-0.1, -0.05) is 30.3 Å². The number of aryl methyl sites for hydroxylation is 1. The third-order valence-electron chi connectivity index (χ3n) is 5.39. The number of nitrogens with zero attached hydrogens (tertiary/aromatic N) is 1. The molecule has 1 heterocycles. The lowest BCUT2D eigenvalue weighted by Gasteiger charge is -2.30. The SMILES string of the molecule is COc1ccccc1C(CNC(=S)Nc1cccc(C)c1C)N1CCCC1. The molecule has 0 spiro atoms. The Morgan fingerprint density at radius 3 is 2.59 bits per heavy atom. The van der Waals surface area contributed by atoms with Gasteiger partial charge in [0.2, 0.25) is 0 Å². The molecule has 0 radical (unpaired) electrons. The first-order valence-corrected chi connectivity index (χ1v) is 9.99. The molecule has 27 heavy (non-hydrogen) atoms. The number of hydrogen-bond acceptors (Lipinski definition) is 3. The van der Waals surface area contributed by atoms with E-state index in [2.05, 4.69) is 59.7 Å². The second kappa shape index (κ2) is 9.20. The molecule has 2 N–H and O–H groups in total. The van der Waals surface area contributed by atoms with Crippen molar-refractivity contribution in [2.24, 2.45) is 0 Å². The molecule has 4 nitrogen and oxygen atoms in total. The summed E-state index contributed by atoms with van der Waals surface area (Å²) in [6.07, 6.45) is 2.49. The smallest absolute Gasteiger partial charge is 0.170 e. The number of anilines is 1. The molecule has 0 aliphatic carbocycles. The molecule has 0 aromatic heterocycles. The van der Waals surface area contributed by atoms with E-state index in [-0.39, 0.29) is 6.04 Å². The minimum Gasteiger partial charge on any atom is -0.496 e. The molecule has 1 atom stereocenters. The van der Waals surface area contributed by atoms with Gasteiger partial charge in [-0.2, -0.15) is 0 Å². The van der Waals surface area contributed by atoms with Gasteiger partial charge < -0.3 is 15.4 Å². The first-order chi connectivity index (χ1) is 13.1. The minimum atomic E-state index is 0.238. The fourth-order valence-electron chi connectivity index (χ4n) is 3.67. The number of para-hydroxylation sites is 1. The third kappa shape index (κ3) is 4.79. The van der Waals surface area contributed by atoms with Crippen LogP contribution in [0.15, 0.2) is 42.5 Å². The lowest BCUT2D eigenvalue weighted by molar-refractivity contribution is 0.240.